The van der Waals surface area contributed by atoms with Gasteiger partial charge in [0.15, 0.2) is 0 Å². The van der Waals surface area contributed by atoms with E-state index in [1.807, 2.05) is 35.2 Å². The number of hydrogen-bond acceptors (Lipinski definition) is 5. The maximum atomic E-state index is 12.4. The molecule has 1 saturated heterocycles. The predicted molar refractivity (Wildman–Crippen MR) is 91.2 cm³/mol. The molecule has 0 saturated carbocycles. The van der Waals surface area contributed by atoms with Crippen LogP contribution in [0.2, 0.25) is 0 Å². The van der Waals surface area contributed by atoms with E-state index in [2.05, 4.69) is 28.1 Å². The van der Waals surface area contributed by atoms with Crippen molar-refractivity contribution in [2.24, 2.45) is 0 Å². The number of likely N-dealkylation sites (tertiary alicyclic amines) is 1. The number of benzene rings is 1. The molecule has 3 heterocycles. The molecule has 4 rings (SSSR count). The van der Waals surface area contributed by atoms with Gasteiger partial charge in [-0.15, -0.1) is 0 Å². The zero-order valence-electron chi connectivity index (χ0n) is 13.9. The van der Waals surface area contributed by atoms with Crippen molar-refractivity contribution in [3.8, 4) is 11.4 Å². The number of amides is 1. The highest BCUT2D eigenvalue weighted by atomic mass is 16.5. The molecule has 25 heavy (non-hydrogen) atoms. The van der Waals surface area contributed by atoms with Gasteiger partial charge >= 0.3 is 0 Å². The number of rotatable bonds is 4. The van der Waals surface area contributed by atoms with Crippen LogP contribution in [0.3, 0.4) is 0 Å². The Bertz CT molecular complexity index is 891. The topological polar surface area (TPSA) is 72.1 Å². The maximum Gasteiger partial charge on any atom is 0.249 e. The average Bonchev–Trinajstić information content (AvgIpc) is 3.25. The summed E-state index contributed by atoms with van der Waals surface area (Å²) in [6, 6.07) is 11.6. The van der Waals surface area contributed by atoms with Gasteiger partial charge in [0, 0.05) is 30.9 Å². The van der Waals surface area contributed by atoms with Crippen LogP contribution in [0.15, 0.2) is 53.3 Å². The first kappa shape index (κ1) is 15.5. The Balaban J connectivity index is 1.60. The Morgan fingerprint density at radius 1 is 1.24 bits per heavy atom. The fourth-order valence-corrected chi connectivity index (χ4v) is 3.14. The molecule has 126 valence electrons. The number of carbonyl (C=O) groups excluding carboxylic acids is 1. The fourth-order valence-electron chi connectivity index (χ4n) is 3.14. The Morgan fingerprint density at radius 2 is 2.12 bits per heavy atom. The third-order valence-electron chi connectivity index (χ3n) is 4.58. The zero-order valence-corrected chi connectivity index (χ0v) is 13.9. The molecule has 0 spiro atoms. The van der Waals surface area contributed by atoms with Gasteiger partial charge in [-0.25, -0.2) is 0 Å². The molecule has 1 aliphatic rings. The molecule has 3 aromatic rings. The van der Waals surface area contributed by atoms with Crippen LogP contribution in [-0.4, -0.2) is 25.9 Å². The predicted octanol–water partition coefficient (Wildman–Crippen LogP) is 3.30. The van der Waals surface area contributed by atoms with Crippen molar-refractivity contribution in [1.82, 2.24) is 20.0 Å². The zero-order chi connectivity index (χ0) is 17.2. The summed E-state index contributed by atoms with van der Waals surface area (Å²) in [5.74, 6) is 1.10. The van der Waals surface area contributed by atoms with Crippen LogP contribution in [0.4, 0.5) is 0 Å². The molecular formula is C19H18N4O2. The van der Waals surface area contributed by atoms with Gasteiger partial charge in [0.25, 0.3) is 0 Å². The van der Waals surface area contributed by atoms with E-state index in [9.17, 15) is 4.79 Å². The summed E-state index contributed by atoms with van der Waals surface area (Å²) < 4.78 is 5.47. The Labute approximate surface area is 145 Å². The normalized spacial score (nSPS) is 17.2. The highest BCUT2D eigenvalue weighted by Gasteiger charge is 2.36. The van der Waals surface area contributed by atoms with Crippen molar-refractivity contribution in [2.45, 2.75) is 32.4 Å². The van der Waals surface area contributed by atoms with Gasteiger partial charge in [-0.2, -0.15) is 4.98 Å². The first-order valence-corrected chi connectivity index (χ1v) is 8.30. The second kappa shape index (κ2) is 6.47. The van der Waals surface area contributed by atoms with Crippen LogP contribution in [0.25, 0.3) is 11.4 Å². The van der Waals surface area contributed by atoms with Crippen LogP contribution >= 0.6 is 0 Å². The number of carbonyl (C=O) groups is 1. The average molecular weight is 334 g/mol. The minimum atomic E-state index is -0.176. The molecular weight excluding hydrogens is 316 g/mol. The molecule has 2 aromatic heterocycles. The molecule has 1 fully saturated rings. The van der Waals surface area contributed by atoms with Crippen molar-refractivity contribution in [3.05, 3.63) is 65.8 Å². The van der Waals surface area contributed by atoms with Crippen LogP contribution in [-0.2, 0) is 11.3 Å². The van der Waals surface area contributed by atoms with E-state index in [0.29, 0.717) is 31.1 Å². The Morgan fingerprint density at radius 3 is 2.92 bits per heavy atom. The third-order valence-corrected chi connectivity index (χ3v) is 4.58. The third kappa shape index (κ3) is 3.03. The lowest BCUT2D eigenvalue weighted by Gasteiger charge is -2.23. The molecule has 0 aliphatic carbocycles. The number of aryl methyl sites for hydroxylation is 1. The molecule has 1 unspecified atom stereocenters. The van der Waals surface area contributed by atoms with Crippen LogP contribution in [0, 0.1) is 6.92 Å². The lowest BCUT2D eigenvalue weighted by molar-refractivity contribution is -0.130. The smallest absolute Gasteiger partial charge is 0.249 e. The maximum absolute atomic E-state index is 12.4. The summed E-state index contributed by atoms with van der Waals surface area (Å²) >= 11 is 0. The number of nitrogens with zero attached hydrogens (tertiary/aromatic N) is 4. The van der Waals surface area contributed by atoms with Gasteiger partial charge in [0.1, 0.15) is 6.04 Å². The van der Waals surface area contributed by atoms with E-state index >= 15 is 0 Å². The van der Waals surface area contributed by atoms with Crippen molar-refractivity contribution in [2.75, 3.05) is 0 Å². The summed E-state index contributed by atoms with van der Waals surface area (Å²) in [6.45, 7) is 2.61. The molecule has 6 nitrogen and oxygen atoms in total. The van der Waals surface area contributed by atoms with Crippen LogP contribution in [0.1, 0.15) is 35.9 Å². The highest BCUT2D eigenvalue weighted by molar-refractivity contribution is 5.79. The first-order chi connectivity index (χ1) is 12.2. The molecule has 1 aromatic carbocycles. The summed E-state index contributed by atoms with van der Waals surface area (Å²) in [7, 11) is 0. The van der Waals surface area contributed by atoms with Crippen LogP contribution in [0.5, 0.6) is 0 Å². The van der Waals surface area contributed by atoms with Gasteiger partial charge in [0.2, 0.25) is 17.6 Å². The molecule has 1 atom stereocenters. The summed E-state index contributed by atoms with van der Waals surface area (Å²) in [6.07, 6.45) is 4.59. The van der Waals surface area contributed by atoms with Crippen molar-refractivity contribution in [1.29, 1.82) is 0 Å². The second-order valence-corrected chi connectivity index (χ2v) is 6.20. The van der Waals surface area contributed by atoms with E-state index in [1.54, 1.807) is 12.4 Å². The van der Waals surface area contributed by atoms with Gasteiger partial charge in [-0.3, -0.25) is 9.78 Å². The molecule has 0 N–H and O–H groups in total. The molecule has 6 heteroatoms. The first-order valence-electron chi connectivity index (χ1n) is 8.30. The standard InChI is InChI=1S/C19H18N4O2/c1-13-5-2-3-6-15(13)12-23-16(8-9-17(23)24)19-21-18(22-25-19)14-7-4-10-20-11-14/h2-7,10-11,16H,8-9,12H2,1H3. The summed E-state index contributed by atoms with van der Waals surface area (Å²) in [5, 5.41) is 4.05. The van der Waals surface area contributed by atoms with Crippen LogP contribution < -0.4 is 0 Å². The molecule has 1 amide bonds. The summed E-state index contributed by atoms with van der Waals surface area (Å²) in [5.41, 5.74) is 3.10. The molecule has 0 bridgehead atoms. The number of pyridine rings is 1. The highest BCUT2D eigenvalue weighted by Crippen LogP contribution is 2.34. The van der Waals surface area contributed by atoms with Gasteiger partial charge < -0.3 is 9.42 Å². The minimum Gasteiger partial charge on any atom is -0.337 e. The van der Waals surface area contributed by atoms with Crippen molar-refractivity contribution in [3.63, 3.8) is 0 Å². The summed E-state index contributed by atoms with van der Waals surface area (Å²) in [4.78, 5) is 22.8. The minimum absolute atomic E-state index is 0.120. The Kier molecular flexibility index (Phi) is 4.01. The van der Waals surface area contributed by atoms with Crippen molar-refractivity contribution < 1.29 is 9.32 Å². The van der Waals surface area contributed by atoms with Gasteiger partial charge in [0.05, 0.1) is 0 Å². The molecule has 0 radical (unpaired) electrons. The van der Waals surface area contributed by atoms with E-state index in [0.717, 1.165) is 11.1 Å². The van der Waals surface area contributed by atoms with Gasteiger partial charge in [-0.05, 0) is 36.6 Å². The molecule has 1 aliphatic heterocycles. The number of hydrogen-bond donors (Lipinski definition) is 0. The van der Waals surface area contributed by atoms with Gasteiger partial charge in [-0.1, -0.05) is 29.4 Å². The lowest BCUT2D eigenvalue weighted by atomic mass is 10.1. The van der Waals surface area contributed by atoms with Crippen molar-refractivity contribution >= 4 is 5.91 Å². The quantitative estimate of drug-likeness (QED) is 0.732. The number of aromatic nitrogens is 3. The fraction of sp³-hybridized carbons (Fsp3) is 0.263. The van der Waals surface area contributed by atoms with E-state index in [1.165, 1.54) is 5.56 Å². The SMILES string of the molecule is Cc1ccccc1CN1C(=O)CCC1c1nc(-c2cccnc2)no1. The van der Waals surface area contributed by atoms with E-state index in [4.69, 9.17) is 4.52 Å². The largest absolute Gasteiger partial charge is 0.337 e. The lowest BCUT2D eigenvalue weighted by Crippen LogP contribution is -2.27. The Hall–Kier alpha value is -3.02. The van der Waals surface area contributed by atoms with E-state index in [-0.39, 0.29) is 11.9 Å². The second-order valence-electron chi connectivity index (χ2n) is 6.20. The van der Waals surface area contributed by atoms with E-state index < -0.39 is 0 Å². The monoisotopic (exact) mass is 334 g/mol.